The lowest BCUT2D eigenvalue weighted by atomic mass is 10.0. The number of carboxylic acid groups (broad SMARTS) is 2. The van der Waals surface area contributed by atoms with Crippen LogP contribution in [0.5, 0.6) is 0 Å². The number of rotatable bonds is 11. The predicted molar refractivity (Wildman–Crippen MR) is 110 cm³/mol. The summed E-state index contributed by atoms with van der Waals surface area (Å²) >= 11 is 3.91. The second-order valence-corrected chi connectivity index (χ2v) is 8.03. The number of nitrogens with two attached hydrogens (primary N) is 1. The molecule has 4 atom stereocenters. The molecule has 1 aliphatic rings. The van der Waals surface area contributed by atoms with E-state index >= 15 is 0 Å². The molecule has 0 spiro atoms. The van der Waals surface area contributed by atoms with Gasteiger partial charge in [0.15, 0.2) is 0 Å². The van der Waals surface area contributed by atoms with Crippen molar-refractivity contribution in [2.45, 2.75) is 63.7 Å². The molecule has 1 rings (SSSR count). The molecule has 0 aromatic rings. The lowest BCUT2D eigenvalue weighted by Crippen LogP contribution is -2.57. The zero-order valence-corrected chi connectivity index (χ0v) is 17.9. The topological polar surface area (TPSA) is 179 Å². The number of nitrogens with zero attached hydrogens (tertiary/aromatic N) is 1. The molecule has 0 aromatic carbocycles. The number of likely N-dealkylation sites (tertiary alicyclic amines) is 1. The molecule has 0 aromatic heterocycles. The predicted octanol–water partition coefficient (Wildman–Crippen LogP) is -1.19. The smallest absolute Gasteiger partial charge is 0.327 e. The lowest BCUT2D eigenvalue weighted by molar-refractivity contribution is -0.144. The van der Waals surface area contributed by atoms with Crippen molar-refractivity contribution in [3.05, 3.63) is 0 Å². The zero-order chi connectivity index (χ0) is 23.0. The van der Waals surface area contributed by atoms with Gasteiger partial charge in [0, 0.05) is 12.3 Å². The van der Waals surface area contributed by atoms with E-state index in [-0.39, 0.29) is 24.6 Å². The Morgan fingerprint density at radius 2 is 1.77 bits per heavy atom. The first kappa shape index (κ1) is 25.7. The van der Waals surface area contributed by atoms with Gasteiger partial charge in [0.1, 0.15) is 18.1 Å². The van der Waals surface area contributed by atoms with Gasteiger partial charge in [-0.3, -0.25) is 19.2 Å². The monoisotopic (exact) mass is 446 g/mol. The molecule has 0 saturated carbocycles. The van der Waals surface area contributed by atoms with Gasteiger partial charge in [-0.1, -0.05) is 13.8 Å². The fourth-order valence-corrected chi connectivity index (χ4v) is 3.47. The van der Waals surface area contributed by atoms with Crippen molar-refractivity contribution in [1.29, 1.82) is 0 Å². The highest BCUT2D eigenvalue weighted by Gasteiger charge is 2.38. The molecule has 0 radical (unpaired) electrons. The molecule has 11 nitrogen and oxygen atoms in total. The van der Waals surface area contributed by atoms with Gasteiger partial charge in [-0.2, -0.15) is 12.6 Å². The first-order chi connectivity index (χ1) is 14.0. The summed E-state index contributed by atoms with van der Waals surface area (Å²) in [5.74, 6) is -4.42. The van der Waals surface area contributed by atoms with Crippen LogP contribution in [0.15, 0.2) is 0 Å². The van der Waals surface area contributed by atoms with Crippen LogP contribution in [0.1, 0.15) is 39.5 Å². The summed E-state index contributed by atoms with van der Waals surface area (Å²) in [6.07, 6.45) is 0.589. The van der Waals surface area contributed by atoms with Gasteiger partial charge >= 0.3 is 11.9 Å². The number of carbonyl (C=O) groups is 5. The van der Waals surface area contributed by atoms with E-state index in [9.17, 15) is 24.0 Å². The summed E-state index contributed by atoms with van der Waals surface area (Å²) in [5.41, 5.74) is 5.64. The molecular formula is C18H30N4O7S. The number of aliphatic carboxylic acids is 2. The van der Waals surface area contributed by atoms with Crippen molar-refractivity contribution in [2.24, 2.45) is 11.7 Å². The van der Waals surface area contributed by atoms with E-state index in [1.54, 1.807) is 0 Å². The Labute approximate surface area is 180 Å². The molecule has 1 heterocycles. The minimum atomic E-state index is -1.27. The van der Waals surface area contributed by atoms with E-state index < -0.39 is 60.2 Å². The molecule has 30 heavy (non-hydrogen) atoms. The van der Waals surface area contributed by atoms with Crippen LogP contribution in [0.3, 0.4) is 0 Å². The van der Waals surface area contributed by atoms with Crippen molar-refractivity contribution in [3.63, 3.8) is 0 Å². The SMILES string of the molecule is CC(C)C[C@H](NC(=O)[C@@H]1CCCN1C(=O)[C@@H](N)CC(=O)O)C(=O)N[C@@H](CS)C(=O)O. The molecule has 1 fully saturated rings. The van der Waals surface area contributed by atoms with Crippen LogP contribution < -0.4 is 16.4 Å². The fraction of sp³-hybridized carbons (Fsp3) is 0.722. The Bertz CT molecular complexity index is 673. The van der Waals surface area contributed by atoms with Gasteiger partial charge in [-0.25, -0.2) is 4.79 Å². The zero-order valence-electron chi connectivity index (χ0n) is 17.0. The quantitative estimate of drug-likeness (QED) is 0.214. The number of carboxylic acids is 2. The van der Waals surface area contributed by atoms with E-state index in [1.807, 2.05) is 13.8 Å². The molecule has 1 aliphatic heterocycles. The molecule has 6 N–H and O–H groups in total. The Kier molecular flexibility index (Phi) is 10.1. The number of carbonyl (C=O) groups excluding carboxylic acids is 3. The summed E-state index contributed by atoms with van der Waals surface area (Å²) in [7, 11) is 0. The molecule has 170 valence electrons. The Hall–Kier alpha value is -2.34. The first-order valence-corrected chi connectivity index (χ1v) is 10.3. The van der Waals surface area contributed by atoms with E-state index in [4.69, 9.17) is 15.9 Å². The summed E-state index contributed by atoms with van der Waals surface area (Å²) in [5, 5.41) is 22.9. The standard InChI is InChI=1S/C18H30N4O7S/c1-9(2)6-11(15(25)21-12(8-30)18(28)29)20-16(26)13-4-3-5-22(13)17(27)10(19)7-14(23)24/h9-13,30H,3-8,19H2,1-2H3,(H,20,26)(H,21,25)(H,23,24)(H,28,29)/t10-,11-,12-,13-/m0/s1. The Morgan fingerprint density at radius 3 is 2.27 bits per heavy atom. The first-order valence-electron chi connectivity index (χ1n) is 9.70. The third-order valence-corrected chi connectivity index (χ3v) is 5.05. The van der Waals surface area contributed by atoms with E-state index in [0.717, 1.165) is 0 Å². The van der Waals surface area contributed by atoms with Gasteiger partial charge in [-0.15, -0.1) is 0 Å². The highest BCUT2D eigenvalue weighted by Crippen LogP contribution is 2.19. The average Bonchev–Trinajstić information content (AvgIpc) is 3.13. The van der Waals surface area contributed by atoms with Crippen molar-refractivity contribution in [1.82, 2.24) is 15.5 Å². The van der Waals surface area contributed by atoms with Crippen LogP contribution in [0.4, 0.5) is 0 Å². The van der Waals surface area contributed by atoms with Gasteiger partial charge in [0.2, 0.25) is 17.7 Å². The fourth-order valence-electron chi connectivity index (χ4n) is 3.22. The molecule has 0 aliphatic carbocycles. The number of nitrogens with one attached hydrogen (secondary N) is 2. The van der Waals surface area contributed by atoms with Crippen molar-refractivity contribution in [2.75, 3.05) is 12.3 Å². The summed E-state index contributed by atoms with van der Waals surface area (Å²) in [4.78, 5) is 61.0. The second kappa shape index (κ2) is 11.7. The van der Waals surface area contributed by atoms with Gasteiger partial charge in [-0.05, 0) is 25.2 Å². The third-order valence-electron chi connectivity index (χ3n) is 4.69. The minimum Gasteiger partial charge on any atom is -0.481 e. The third kappa shape index (κ3) is 7.48. The highest BCUT2D eigenvalue weighted by molar-refractivity contribution is 7.80. The molecular weight excluding hydrogens is 416 g/mol. The average molecular weight is 447 g/mol. The molecule has 1 saturated heterocycles. The van der Waals surface area contributed by atoms with E-state index in [1.165, 1.54) is 4.90 Å². The molecule has 0 unspecified atom stereocenters. The normalized spacial score (nSPS) is 19.1. The molecule has 0 bridgehead atoms. The highest BCUT2D eigenvalue weighted by atomic mass is 32.1. The number of amides is 3. The van der Waals surface area contributed by atoms with Crippen LogP contribution in [0, 0.1) is 5.92 Å². The van der Waals surface area contributed by atoms with Crippen LogP contribution in [-0.4, -0.2) is 81.2 Å². The maximum atomic E-state index is 12.8. The molecule has 12 heteroatoms. The molecule has 3 amide bonds. The number of hydrogen-bond donors (Lipinski definition) is 6. The maximum Gasteiger partial charge on any atom is 0.327 e. The number of hydrogen-bond acceptors (Lipinski definition) is 7. The second-order valence-electron chi connectivity index (χ2n) is 7.67. The van der Waals surface area contributed by atoms with Crippen molar-refractivity contribution in [3.8, 4) is 0 Å². The number of thiol groups is 1. The van der Waals surface area contributed by atoms with Gasteiger partial charge < -0.3 is 31.5 Å². The summed E-state index contributed by atoms with van der Waals surface area (Å²) in [6.45, 7) is 3.94. The Balaban J connectivity index is 2.89. The summed E-state index contributed by atoms with van der Waals surface area (Å²) in [6, 6.07) is -4.34. The van der Waals surface area contributed by atoms with Crippen molar-refractivity contribution >= 4 is 42.3 Å². The van der Waals surface area contributed by atoms with Crippen LogP contribution in [-0.2, 0) is 24.0 Å². The van der Waals surface area contributed by atoms with Gasteiger partial charge in [0.05, 0.1) is 12.5 Å². The Morgan fingerprint density at radius 1 is 1.13 bits per heavy atom. The van der Waals surface area contributed by atoms with Crippen LogP contribution >= 0.6 is 12.6 Å². The van der Waals surface area contributed by atoms with Crippen LogP contribution in [0.2, 0.25) is 0 Å². The van der Waals surface area contributed by atoms with Gasteiger partial charge in [0.25, 0.3) is 0 Å². The van der Waals surface area contributed by atoms with E-state index in [0.29, 0.717) is 12.8 Å². The summed E-state index contributed by atoms with van der Waals surface area (Å²) < 4.78 is 0. The van der Waals surface area contributed by atoms with Crippen molar-refractivity contribution < 1.29 is 34.2 Å². The largest absolute Gasteiger partial charge is 0.481 e. The maximum absolute atomic E-state index is 12.8. The van der Waals surface area contributed by atoms with E-state index in [2.05, 4.69) is 23.3 Å². The minimum absolute atomic E-state index is 0.0191. The lowest BCUT2D eigenvalue weighted by Gasteiger charge is -2.28. The van der Waals surface area contributed by atoms with Crippen LogP contribution in [0.25, 0.3) is 0 Å².